The van der Waals surface area contributed by atoms with E-state index in [2.05, 4.69) is 0 Å². The molecule has 0 aliphatic carbocycles. The summed E-state index contributed by atoms with van der Waals surface area (Å²) in [6.45, 7) is 6.30. The first kappa shape index (κ1) is 14.3. The van der Waals surface area contributed by atoms with Crippen LogP contribution in [0.2, 0.25) is 0 Å². The van der Waals surface area contributed by atoms with Crippen LogP contribution in [0.15, 0.2) is 0 Å². The Hall–Kier alpha value is -1.10. The van der Waals surface area contributed by atoms with Crippen LogP contribution in [0.4, 0.5) is 0 Å². The Morgan fingerprint density at radius 2 is 1.89 bits per heavy atom. The molecular formula is C14H23NO4. The summed E-state index contributed by atoms with van der Waals surface area (Å²) < 4.78 is 5.69. The Morgan fingerprint density at radius 3 is 2.42 bits per heavy atom. The van der Waals surface area contributed by atoms with Gasteiger partial charge in [0.05, 0.1) is 12.0 Å². The molecule has 0 aromatic heterocycles. The Bertz CT molecular complexity index is 370. The summed E-state index contributed by atoms with van der Waals surface area (Å²) in [5, 5.41) is 9.11. The monoisotopic (exact) mass is 269 g/mol. The molecule has 2 rings (SSSR count). The average molecular weight is 269 g/mol. The number of carbonyl (C=O) groups is 2. The number of nitrogens with zero attached hydrogens (tertiary/aromatic N) is 1. The van der Waals surface area contributed by atoms with Crippen molar-refractivity contribution in [1.29, 1.82) is 0 Å². The van der Waals surface area contributed by atoms with Crippen LogP contribution in [0.25, 0.3) is 0 Å². The molecule has 19 heavy (non-hydrogen) atoms. The number of rotatable bonds is 2. The van der Waals surface area contributed by atoms with Crippen molar-refractivity contribution in [1.82, 2.24) is 4.90 Å². The maximum Gasteiger partial charge on any atom is 0.308 e. The van der Waals surface area contributed by atoms with E-state index in [9.17, 15) is 9.59 Å². The second-order valence-corrected chi connectivity index (χ2v) is 6.03. The molecular weight excluding hydrogens is 246 g/mol. The fourth-order valence-corrected chi connectivity index (χ4v) is 3.17. The lowest BCUT2D eigenvalue weighted by molar-refractivity contribution is -0.153. The molecule has 2 aliphatic heterocycles. The highest BCUT2D eigenvalue weighted by atomic mass is 16.5. The molecule has 0 radical (unpaired) electrons. The van der Waals surface area contributed by atoms with Crippen molar-refractivity contribution in [2.45, 2.75) is 58.3 Å². The first-order valence-corrected chi connectivity index (χ1v) is 7.09. The number of piperidine rings is 1. The summed E-state index contributed by atoms with van der Waals surface area (Å²) in [7, 11) is 0. The maximum atomic E-state index is 12.5. The van der Waals surface area contributed by atoms with Gasteiger partial charge in [0, 0.05) is 12.6 Å². The highest BCUT2D eigenvalue weighted by Crippen LogP contribution is 2.30. The molecule has 0 bridgehead atoms. The molecule has 0 saturated carbocycles. The van der Waals surface area contributed by atoms with E-state index in [1.807, 2.05) is 20.8 Å². The molecule has 108 valence electrons. The first-order valence-electron chi connectivity index (χ1n) is 7.09. The van der Waals surface area contributed by atoms with Gasteiger partial charge in [-0.2, -0.15) is 0 Å². The zero-order valence-electron chi connectivity index (χ0n) is 11.8. The van der Waals surface area contributed by atoms with E-state index in [4.69, 9.17) is 9.84 Å². The quantitative estimate of drug-likeness (QED) is 0.825. The van der Waals surface area contributed by atoms with Gasteiger partial charge in [-0.1, -0.05) is 6.92 Å². The smallest absolute Gasteiger partial charge is 0.308 e. The molecule has 2 heterocycles. The summed E-state index contributed by atoms with van der Waals surface area (Å²) in [4.78, 5) is 25.4. The molecule has 5 unspecified atom stereocenters. The molecule has 1 amide bonds. The van der Waals surface area contributed by atoms with E-state index in [0.717, 1.165) is 12.8 Å². The Labute approximate surface area is 113 Å². The zero-order chi connectivity index (χ0) is 14.2. The van der Waals surface area contributed by atoms with Gasteiger partial charge in [0.1, 0.15) is 6.10 Å². The highest BCUT2D eigenvalue weighted by molar-refractivity contribution is 5.83. The summed E-state index contributed by atoms with van der Waals surface area (Å²) in [5.41, 5.74) is 0. The summed E-state index contributed by atoms with van der Waals surface area (Å²) in [6.07, 6.45) is 2.00. The number of likely N-dealkylation sites (tertiary alicyclic amines) is 1. The minimum absolute atomic E-state index is 0.0321. The second kappa shape index (κ2) is 5.49. The van der Waals surface area contributed by atoms with Crippen molar-refractivity contribution in [3.05, 3.63) is 0 Å². The zero-order valence-corrected chi connectivity index (χ0v) is 11.8. The number of carboxylic acid groups (broad SMARTS) is 1. The lowest BCUT2D eigenvalue weighted by atomic mass is 9.92. The minimum Gasteiger partial charge on any atom is -0.481 e. The van der Waals surface area contributed by atoms with Crippen LogP contribution < -0.4 is 0 Å². The molecule has 5 atom stereocenters. The van der Waals surface area contributed by atoms with Gasteiger partial charge in [0.25, 0.3) is 5.91 Å². The second-order valence-electron chi connectivity index (χ2n) is 6.03. The van der Waals surface area contributed by atoms with Crippen molar-refractivity contribution in [3.63, 3.8) is 0 Å². The molecule has 2 saturated heterocycles. The van der Waals surface area contributed by atoms with Crippen molar-refractivity contribution >= 4 is 11.9 Å². The van der Waals surface area contributed by atoms with Crippen LogP contribution in [-0.2, 0) is 14.3 Å². The summed E-state index contributed by atoms with van der Waals surface area (Å²) >= 11 is 0. The number of ether oxygens (including phenoxy) is 1. The number of hydrogen-bond donors (Lipinski definition) is 1. The lowest BCUT2D eigenvalue weighted by Gasteiger charge is -2.38. The Balaban J connectivity index is 2.06. The first-order chi connectivity index (χ1) is 8.90. The molecule has 1 N–H and O–H groups in total. The summed E-state index contributed by atoms with van der Waals surface area (Å²) in [5.74, 6) is -1.07. The van der Waals surface area contributed by atoms with Gasteiger partial charge in [0.2, 0.25) is 0 Å². The molecule has 0 spiro atoms. The highest BCUT2D eigenvalue weighted by Gasteiger charge is 2.41. The topological polar surface area (TPSA) is 66.8 Å². The number of aliphatic carboxylic acids is 1. The molecule has 0 aromatic rings. The van der Waals surface area contributed by atoms with Crippen molar-refractivity contribution in [2.24, 2.45) is 11.8 Å². The van der Waals surface area contributed by atoms with E-state index in [1.165, 1.54) is 0 Å². The number of amides is 1. The van der Waals surface area contributed by atoms with Crippen molar-refractivity contribution < 1.29 is 19.4 Å². The molecule has 5 nitrogen and oxygen atoms in total. The van der Waals surface area contributed by atoms with Crippen molar-refractivity contribution in [2.75, 3.05) is 6.54 Å². The van der Waals surface area contributed by atoms with E-state index in [0.29, 0.717) is 13.0 Å². The van der Waals surface area contributed by atoms with Crippen molar-refractivity contribution in [3.8, 4) is 0 Å². The van der Waals surface area contributed by atoms with E-state index >= 15 is 0 Å². The van der Waals surface area contributed by atoms with Gasteiger partial charge in [0.15, 0.2) is 0 Å². The number of hydrogen-bond acceptors (Lipinski definition) is 3. The van der Waals surface area contributed by atoms with Crippen LogP contribution in [0.1, 0.15) is 40.0 Å². The lowest BCUT2D eigenvalue weighted by Crippen LogP contribution is -2.51. The molecule has 0 aromatic carbocycles. The maximum absolute atomic E-state index is 12.5. The Morgan fingerprint density at radius 1 is 1.21 bits per heavy atom. The van der Waals surface area contributed by atoms with E-state index in [-0.39, 0.29) is 24.0 Å². The average Bonchev–Trinajstić information content (AvgIpc) is 2.68. The molecule has 2 aliphatic rings. The van der Waals surface area contributed by atoms with Crippen LogP contribution in [0, 0.1) is 11.8 Å². The van der Waals surface area contributed by atoms with Crippen LogP contribution in [0.5, 0.6) is 0 Å². The third-order valence-electron chi connectivity index (χ3n) is 4.36. The number of carboxylic acids is 1. The SMILES string of the molecule is CC1CC(C)C(C(=O)N2CC(C(=O)O)CCC2C)O1. The van der Waals surface area contributed by atoms with Gasteiger partial charge in [-0.15, -0.1) is 0 Å². The van der Waals surface area contributed by atoms with Gasteiger partial charge in [-0.3, -0.25) is 9.59 Å². The van der Waals surface area contributed by atoms with Crippen LogP contribution >= 0.6 is 0 Å². The van der Waals surface area contributed by atoms with Gasteiger partial charge in [-0.25, -0.2) is 0 Å². The Kier molecular flexibility index (Phi) is 4.13. The van der Waals surface area contributed by atoms with Gasteiger partial charge < -0.3 is 14.7 Å². The van der Waals surface area contributed by atoms with Crippen LogP contribution in [-0.4, -0.2) is 46.7 Å². The van der Waals surface area contributed by atoms with Gasteiger partial charge >= 0.3 is 5.97 Å². The predicted molar refractivity (Wildman–Crippen MR) is 69.7 cm³/mol. The molecule has 2 fully saturated rings. The third-order valence-corrected chi connectivity index (χ3v) is 4.36. The normalized spacial score (nSPS) is 39.3. The predicted octanol–water partition coefficient (Wildman–Crippen LogP) is 1.51. The van der Waals surface area contributed by atoms with E-state index < -0.39 is 18.0 Å². The van der Waals surface area contributed by atoms with E-state index in [1.54, 1.807) is 4.90 Å². The number of carbonyl (C=O) groups excluding carboxylic acids is 1. The molecule has 5 heteroatoms. The fraction of sp³-hybridized carbons (Fsp3) is 0.857. The third kappa shape index (κ3) is 2.91. The standard InChI is InChI=1S/C14H23NO4/c1-8-6-10(3)19-12(8)13(16)15-7-11(14(17)18)5-4-9(15)2/h8-12H,4-7H2,1-3H3,(H,17,18). The largest absolute Gasteiger partial charge is 0.481 e. The van der Waals surface area contributed by atoms with Crippen LogP contribution in [0.3, 0.4) is 0 Å². The van der Waals surface area contributed by atoms with Gasteiger partial charge in [-0.05, 0) is 39.0 Å². The minimum atomic E-state index is -0.807. The fourth-order valence-electron chi connectivity index (χ4n) is 3.17. The summed E-state index contributed by atoms with van der Waals surface area (Å²) in [6, 6.07) is 0.106.